The number of aryl methyl sites for hydroxylation is 1. The Morgan fingerprint density at radius 2 is 1.74 bits per heavy atom. The second-order valence-electron chi connectivity index (χ2n) is 8.05. The molecule has 0 aromatic heterocycles. The molecule has 178 valence electrons. The molecular weight excluding hydrogens is 484 g/mol. The van der Waals surface area contributed by atoms with Gasteiger partial charge in [0.25, 0.3) is 17.1 Å². The fraction of sp³-hybridized carbons (Fsp3) is 0.148. The molecule has 4 rings (SSSR count). The van der Waals surface area contributed by atoms with E-state index in [1.54, 1.807) is 54.6 Å². The number of anilines is 1. The lowest BCUT2D eigenvalue weighted by Gasteiger charge is -2.12. The van der Waals surface area contributed by atoms with E-state index in [1.807, 2.05) is 32.0 Å². The number of imide groups is 1. The highest BCUT2D eigenvalue weighted by molar-refractivity contribution is 8.18. The van der Waals surface area contributed by atoms with E-state index in [4.69, 9.17) is 16.3 Å². The second-order valence-corrected chi connectivity index (χ2v) is 9.48. The molecular formula is C27H23ClN2O4S. The largest absolute Gasteiger partial charge is 0.484 e. The summed E-state index contributed by atoms with van der Waals surface area (Å²) in [5, 5.41) is 3.14. The maximum absolute atomic E-state index is 12.8. The summed E-state index contributed by atoms with van der Waals surface area (Å²) < 4.78 is 5.59. The van der Waals surface area contributed by atoms with Crippen molar-refractivity contribution in [3.8, 4) is 5.75 Å². The summed E-state index contributed by atoms with van der Waals surface area (Å²) in [6.45, 7) is 4.01. The van der Waals surface area contributed by atoms with Crippen LogP contribution in [0, 0.1) is 13.8 Å². The standard InChI is InChI=1S/C27H23ClN2O4S/c1-17-4-3-5-23(18(17)2)29-25(31)16-34-22-12-8-19(9-13-22)14-24-26(32)30(27(33)35-24)15-20-6-10-21(28)11-7-20/h3-14H,15-16H2,1-2H3,(H,29,31)/b24-14-. The lowest BCUT2D eigenvalue weighted by atomic mass is 10.1. The van der Waals surface area contributed by atoms with E-state index in [1.165, 1.54) is 4.90 Å². The highest BCUT2D eigenvalue weighted by Crippen LogP contribution is 2.33. The van der Waals surface area contributed by atoms with Gasteiger partial charge in [0.15, 0.2) is 6.61 Å². The molecule has 3 amide bonds. The van der Waals surface area contributed by atoms with Crippen molar-refractivity contribution in [1.29, 1.82) is 0 Å². The first-order chi connectivity index (χ1) is 16.8. The van der Waals surface area contributed by atoms with Crippen LogP contribution in [0.5, 0.6) is 5.75 Å². The third-order valence-corrected chi connectivity index (χ3v) is 6.71. The topological polar surface area (TPSA) is 75.7 Å². The minimum absolute atomic E-state index is 0.129. The highest BCUT2D eigenvalue weighted by Gasteiger charge is 2.34. The van der Waals surface area contributed by atoms with Crippen molar-refractivity contribution in [2.45, 2.75) is 20.4 Å². The molecule has 0 unspecified atom stereocenters. The summed E-state index contributed by atoms with van der Waals surface area (Å²) in [7, 11) is 0. The van der Waals surface area contributed by atoms with E-state index in [2.05, 4.69) is 5.32 Å². The predicted molar refractivity (Wildman–Crippen MR) is 139 cm³/mol. The third-order valence-electron chi connectivity index (χ3n) is 5.55. The number of amides is 3. The van der Waals surface area contributed by atoms with Gasteiger partial charge in [0.2, 0.25) is 0 Å². The van der Waals surface area contributed by atoms with Gasteiger partial charge in [-0.15, -0.1) is 0 Å². The van der Waals surface area contributed by atoms with Crippen LogP contribution in [0.4, 0.5) is 10.5 Å². The van der Waals surface area contributed by atoms with Crippen molar-refractivity contribution in [2.75, 3.05) is 11.9 Å². The Morgan fingerprint density at radius 1 is 1.03 bits per heavy atom. The molecule has 1 aliphatic heterocycles. The number of carbonyl (C=O) groups excluding carboxylic acids is 3. The Hall–Kier alpha value is -3.55. The van der Waals surface area contributed by atoms with Crippen molar-refractivity contribution in [1.82, 2.24) is 4.90 Å². The van der Waals surface area contributed by atoms with Crippen molar-refractivity contribution in [2.24, 2.45) is 0 Å². The number of benzene rings is 3. The number of thioether (sulfide) groups is 1. The SMILES string of the molecule is Cc1cccc(NC(=O)COc2ccc(/C=C3\SC(=O)N(Cc4ccc(Cl)cc4)C3=O)cc2)c1C. The van der Waals surface area contributed by atoms with Crippen LogP contribution in [0.3, 0.4) is 0 Å². The normalized spacial score (nSPS) is 14.5. The van der Waals surface area contributed by atoms with Crippen LogP contribution in [0.15, 0.2) is 71.6 Å². The average Bonchev–Trinajstić information content (AvgIpc) is 3.10. The van der Waals surface area contributed by atoms with Gasteiger partial charge >= 0.3 is 0 Å². The Kier molecular flexibility index (Phi) is 7.58. The van der Waals surface area contributed by atoms with Crippen molar-refractivity contribution in [3.05, 3.63) is 98.9 Å². The molecule has 0 saturated carbocycles. The second kappa shape index (κ2) is 10.8. The molecule has 0 radical (unpaired) electrons. The van der Waals surface area contributed by atoms with Gasteiger partial charge in [-0.2, -0.15) is 0 Å². The molecule has 0 spiro atoms. The Balaban J connectivity index is 1.34. The van der Waals surface area contributed by atoms with E-state index < -0.39 is 0 Å². The molecule has 6 nitrogen and oxygen atoms in total. The minimum atomic E-state index is -0.335. The molecule has 1 heterocycles. The summed E-state index contributed by atoms with van der Waals surface area (Å²) in [6.07, 6.45) is 1.67. The Morgan fingerprint density at radius 3 is 2.46 bits per heavy atom. The average molecular weight is 507 g/mol. The predicted octanol–water partition coefficient (Wildman–Crippen LogP) is 6.21. The Bertz CT molecular complexity index is 1300. The molecule has 0 aliphatic carbocycles. The van der Waals surface area contributed by atoms with Gasteiger partial charge in [-0.3, -0.25) is 19.3 Å². The van der Waals surface area contributed by atoms with Gasteiger partial charge in [-0.1, -0.05) is 48.0 Å². The zero-order valence-electron chi connectivity index (χ0n) is 19.2. The van der Waals surface area contributed by atoms with Crippen molar-refractivity contribution < 1.29 is 19.1 Å². The third kappa shape index (κ3) is 6.12. The van der Waals surface area contributed by atoms with Gasteiger partial charge in [-0.05, 0) is 84.3 Å². The molecule has 8 heteroatoms. The van der Waals surface area contributed by atoms with Crippen molar-refractivity contribution >= 4 is 52.2 Å². The number of rotatable bonds is 7. The number of nitrogens with zero attached hydrogens (tertiary/aromatic N) is 1. The van der Waals surface area contributed by atoms with Gasteiger partial charge < -0.3 is 10.1 Å². The van der Waals surface area contributed by atoms with Crippen LogP contribution in [0.1, 0.15) is 22.3 Å². The van der Waals surface area contributed by atoms with Gasteiger partial charge in [0.1, 0.15) is 5.75 Å². The quantitative estimate of drug-likeness (QED) is 0.385. The van der Waals surface area contributed by atoms with E-state index >= 15 is 0 Å². The van der Waals surface area contributed by atoms with Gasteiger partial charge in [0.05, 0.1) is 11.4 Å². The van der Waals surface area contributed by atoms with Crippen LogP contribution in [-0.2, 0) is 16.1 Å². The van der Waals surface area contributed by atoms with E-state index in [0.717, 1.165) is 39.7 Å². The summed E-state index contributed by atoms with van der Waals surface area (Å²) in [5.74, 6) is -0.0652. The van der Waals surface area contributed by atoms with Crippen LogP contribution in [0.25, 0.3) is 6.08 Å². The summed E-state index contributed by atoms with van der Waals surface area (Å²) in [4.78, 5) is 39.0. The number of nitrogens with one attached hydrogen (secondary N) is 1. The van der Waals surface area contributed by atoms with E-state index in [9.17, 15) is 14.4 Å². The molecule has 1 aliphatic rings. The van der Waals surface area contributed by atoms with Crippen LogP contribution < -0.4 is 10.1 Å². The fourth-order valence-electron chi connectivity index (χ4n) is 3.44. The monoisotopic (exact) mass is 506 g/mol. The number of hydrogen-bond donors (Lipinski definition) is 1. The van der Waals surface area contributed by atoms with Gasteiger partial charge in [-0.25, -0.2) is 0 Å². The molecule has 1 saturated heterocycles. The molecule has 3 aromatic rings. The first kappa shape index (κ1) is 24.6. The van der Waals surface area contributed by atoms with Crippen LogP contribution in [0.2, 0.25) is 5.02 Å². The summed E-state index contributed by atoms with van der Waals surface area (Å²) in [5.41, 5.74) is 4.44. The fourth-order valence-corrected chi connectivity index (χ4v) is 4.41. The molecule has 3 aromatic carbocycles. The lowest BCUT2D eigenvalue weighted by molar-refractivity contribution is -0.123. The van der Waals surface area contributed by atoms with Gasteiger partial charge in [0, 0.05) is 10.7 Å². The number of carbonyl (C=O) groups is 3. The molecule has 1 fully saturated rings. The maximum atomic E-state index is 12.8. The molecule has 1 N–H and O–H groups in total. The number of halogens is 1. The zero-order valence-corrected chi connectivity index (χ0v) is 20.8. The molecule has 0 atom stereocenters. The first-order valence-electron chi connectivity index (χ1n) is 10.9. The number of ether oxygens (including phenoxy) is 1. The molecule has 35 heavy (non-hydrogen) atoms. The van der Waals surface area contributed by atoms with E-state index in [0.29, 0.717) is 15.7 Å². The Labute approximate surface area is 212 Å². The number of hydrogen-bond acceptors (Lipinski definition) is 5. The smallest absolute Gasteiger partial charge is 0.293 e. The first-order valence-corrected chi connectivity index (χ1v) is 12.1. The van der Waals surface area contributed by atoms with Crippen LogP contribution >= 0.6 is 23.4 Å². The van der Waals surface area contributed by atoms with E-state index in [-0.39, 0.29) is 30.2 Å². The zero-order chi connectivity index (χ0) is 24.9. The molecule has 0 bridgehead atoms. The summed E-state index contributed by atoms with van der Waals surface area (Å²) >= 11 is 6.81. The van der Waals surface area contributed by atoms with Crippen molar-refractivity contribution in [3.63, 3.8) is 0 Å². The van der Waals surface area contributed by atoms with Crippen LogP contribution in [-0.4, -0.2) is 28.6 Å². The lowest BCUT2D eigenvalue weighted by Crippen LogP contribution is -2.27. The summed E-state index contributed by atoms with van der Waals surface area (Å²) in [6, 6.07) is 19.7. The minimum Gasteiger partial charge on any atom is -0.484 e. The maximum Gasteiger partial charge on any atom is 0.293 e. The highest BCUT2D eigenvalue weighted by atomic mass is 35.5.